The summed E-state index contributed by atoms with van der Waals surface area (Å²) in [6, 6.07) is 17.6. The van der Waals surface area contributed by atoms with E-state index in [1.54, 1.807) is 22.9 Å². The molecular weight excluding hydrogens is 324 g/mol. The molecule has 0 saturated heterocycles. The molecule has 3 nitrogen and oxygen atoms in total. The second-order valence-electron chi connectivity index (χ2n) is 4.21. The third-order valence-corrected chi connectivity index (χ3v) is 4.96. The Kier molecular flexibility index (Phi) is 4.85. The van der Waals surface area contributed by atoms with Crippen molar-refractivity contribution in [1.82, 2.24) is 10.2 Å². The third-order valence-electron chi connectivity index (χ3n) is 2.70. The SMILES string of the molecule is Clc1ccc(-c2nnc(SSCc3ccccc3)o2)cc1. The summed E-state index contributed by atoms with van der Waals surface area (Å²) in [5, 5.41) is 9.33. The summed E-state index contributed by atoms with van der Waals surface area (Å²) in [6.45, 7) is 0. The third kappa shape index (κ3) is 4.03. The molecule has 0 bridgehead atoms. The van der Waals surface area contributed by atoms with Crippen molar-refractivity contribution in [3.8, 4) is 11.5 Å². The molecule has 0 aliphatic rings. The van der Waals surface area contributed by atoms with Crippen LogP contribution in [-0.4, -0.2) is 10.2 Å². The Morgan fingerprint density at radius 3 is 2.48 bits per heavy atom. The summed E-state index contributed by atoms with van der Waals surface area (Å²) in [6.07, 6.45) is 0. The predicted molar refractivity (Wildman–Crippen MR) is 88.3 cm³/mol. The number of rotatable bonds is 5. The summed E-state index contributed by atoms with van der Waals surface area (Å²) in [4.78, 5) is 0. The van der Waals surface area contributed by atoms with Gasteiger partial charge >= 0.3 is 0 Å². The molecule has 2 aromatic carbocycles. The van der Waals surface area contributed by atoms with E-state index in [4.69, 9.17) is 16.0 Å². The Morgan fingerprint density at radius 2 is 1.71 bits per heavy atom. The smallest absolute Gasteiger partial charge is 0.287 e. The van der Waals surface area contributed by atoms with Gasteiger partial charge in [0.15, 0.2) is 0 Å². The van der Waals surface area contributed by atoms with Crippen molar-refractivity contribution < 1.29 is 4.42 Å². The van der Waals surface area contributed by atoms with Gasteiger partial charge in [-0.25, -0.2) is 0 Å². The molecule has 1 heterocycles. The topological polar surface area (TPSA) is 38.9 Å². The van der Waals surface area contributed by atoms with Crippen molar-refractivity contribution in [3.63, 3.8) is 0 Å². The molecular formula is C15H11ClN2OS2. The van der Waals surface area contributed by atoms with Crippen LogP contribution < -0.4 is 0 Å². The minimum absolute atomic E-state index is 0.509. The van der Waals surface area contributed by atoms with Gasteiger partial charge in [0.25, 0.3) is 5.22 Å². The van der Waals surface area contributed by atoms with E-state index in [0.29, 0.717) is 16.1 Å². The van der Waals surface area contributed by atoms with Crippen molar-refractivity contribution in [2.75, 3.05) is 0 Å². The van der Waals surface area contributed by atoms with Crippen LogP contribution in [0.5, 0.6) is 0 Å². The Labute approximate surface area is 135 Å². The molecule has 0 saturated carbocycles. The van der Waals surface area contributed by atoms with Gasteiger partial charge in [-0.1, -0.05) is 57.8 Å². The van der Waals surface area contributed by atoms with Gasteiger partial charge in [-0.05, 0) is 29.8 Å². The van der Waals surface area contributed by atoms with Gasteiger partial charge in [-0.3, -0.25) is 0 Å². The number of benzene rings is 2. The van der Waals surface area contributed by atoms with Gasteiger partial charge in [0.05, 0.1) is 0 Å². The number of aromatic nitrogens is 2. The highest BCUT2D eigenvalue weighted by Crippen LogP contribution is 2.34. The van der Waals surface area contributed by atoms with Gasteiger partial charge < -0.3 is 4.42 Å². The average Bonchev–Trinajstić information content (AvgIpc) is 2.98. The normalized spacial score (nSPS) is 10.7. The van der Waals surface area contributed by atoms with Crippen molar-refractivity contribution >= 4 is 33.2 Å². The van der Waals surface area contributed by atoms with E-state index in [1.165, 1.54) is 16.4 Å². The second kappa shape index (κ2) is 7.02. The van der Waals surface area contributed by atoms with Crippen LogP contribution in [-0.2, 0) is 5.75 Å². The fourth-order valence-corrected chi connectivity index (χ4v) is 3.57. The van der Waals surface area contributed by atoms with Gasteiger partial charge in [-0.2, -0.15) is 0 Å². The van der Waals surface area contributed by atoms with Crippen LogP contribution in [0.2, 0.25) is 5.02 Å². The summed E-state index contributed by atoms with van der Waals surface area (Å²) in [7, 11) is 3.15. The molecule has 21 heavy (non-hydrogen) atoms. The first kappa shape index (κ1) is 14.5. The Bertz CT molecular complexity index is 701. The van der Waals surface area contributed by atoms with Gasteiger partial charge in [0.1, 0.15) is 0 Å². The van der Waals surface area contributed by atoms with Crippen LogP contribution in [0.15, 0.2) is 64.2 Å². The standard InChI is InChI=1S/C15H11ClN2OS2/c16-13-8-6-12(7-9-13)14-17-18-15(19-14)21-20-10-11-4-2-1-3-5-11/h1-9H,10H2. The molecule has 0 amide bonds. The average molecular weight is 335 g/mol. The van der Waals surface area contributed by atoms with E-state index in [-0.39, 0.29) is 0 Å². The molecule has 0 radical (unpaired) electrons. The van der Waals surface area contributed by atoms with Gasteiger partial charge in [0.2, 0.25) is 5.89 Å². The zero-order valence-electron chi connectivity index (χ0n) is 10.9. The molecule has 0 atom stereocenters. The lowest BCUT2D eigenvalue weighted by molar-refractivity contribution is 0.467. The molecule has 0 aliphatic carbocycles. The fraction of sp³-hybridized carbons (Fsp3) is 0.0667. The minimum atomic E-state index is 0.509. The van der Waals surface area contributed by atoms with Crippen LogP contribution in [0.25, 0.3) is 11.5 Å². The van der Waals surface area contributed by atoms with E-state index < -0.39 is 0 Å². The summed E-state index contributed by atoms with van der Waals surface area (Å²) >= 11 is 5.86. The maximum atomic E-state index is 5.86. The molecule has 106 valence electrons. The predicted octanol–water partition coefficient (Wildman–Crippen LogP) is 5.33. The highest BCUT2D eigenvalue weighted by atomic mass is 35.5. The van der Waals surface area contributed by atoms with E-state index in [0.717, 1.165) is 11.3 Å². The highest BCUT2D eigenvalue weighted by Gasteiger charge is 2.09. The van der Waals surface area contributed by atoms with E-state index in [1.807, 2.05) is 30.3 Å². The van der Waals surface area contributed by atoms with Gasteiger partial charge in [-0.15, -0.1) is 5.10 Å². The van der Waals surface area contributed by atoms with Crippen molar-refractivity contribution in [3.05, 3.63) is 65.2 Å². The minimum Gasteiger partial charge on any atom is -0.411 e. The fourth-order valence-electron chi connectivity index (χ4n) is 1.67. The largest absolute Gasteiger partial charge is 0.411 e. The highest BCUT2D eigenvalue weighted by molar-refractivity contribution is 8.76. The van der Waals surface area contributed by atoms with Crippen molar-refractivity contribution in [2.45, 2.75) is 11.0 Å². The van der Waals surface area contributed by atoms with E-state index in [2.05, 4.69) is 22.3 Å². The lowest BCUT2D eigenvalue weighted by Crippen LogP contribution is -1.76. The summed E-state index contributed by atoms with van der Waals surface area (Å²) < 4.78 is 5.62. The molecule has 3 aromatic rings. The molecule has 0 aliphatic heterocycles. The molecule has 0 N–H and O–H groups in total. The lowest BCUT2D eigenvalue weighted by Gasteiger charge is -1.97. The first-order valence-electron chi connectivity index (χ1n) is 6.24. The Morgan fingerprint density at radius 1 is 0.952 bits per heavy atom. The number of hydrogen-bond acceptors (Lipinski definition) is 5. The summed E-state index contributed by atoms with van der Waals surface area (Å²) in [5.74, 6) is 1.40. The Balaban J connectivity index is 1.59. The lowest BCUT2D eigenvalue weighted by atomic mass is 10.2. The monoisotopic (exact) mass is 334 g/mol. The molecule has 3 rings (SSSR count). The van der Waals surface area contributed by atoms with E-state index in [9.17, 15) is 0 Å². The number of halogens is 1. The Hall–Kier alpha value is -1.43. The summed E-state index contributed by atoms with van der Waals surface area (Å²) in [5.41, 5.74) is 2.14. The molecule has 0 unspecified atom stereocenters. The molecule has 1 aromatic heterocycles. The molecule has 0 spiro atoms. The maximum Gasteiger partial charge on any atom is 0.287 e. The zero-order chi connectivity index (χ0) is 14.5. The quantitative estimate of drug-likeness (QED) is 0.589. The van der Waals surface area contributed by atoms with Crippen LogP contribution in [0, 0.1) is 0 Å². The van der Waals surface area contributed by atoms with Crippen LogP contribution >= 0.6 is 33.2 Å². The number of hydrogen-bond donors (Lipinski definition) is 0. The maximum absolute atomic E-state index is 5.86. The van der Waals surface area contributed by atoms with E-state index >= 15 is 0 Å². The first-order chi connectivity index (χ1) is 10.3. The van der Waals surface area contributed by atoms with Gasteiger partial charge in [0, 0.05) is 27.1 Å². The molecule has 6 heteroatoms. The van der Waals surface area contributed by atoms with Crippen LogP contribution in [0.3, 0.4) is 0 Å². The zero-order valence-corrected chi connectivity index (χ0v) is 13.3. The van der Waals surface area contributed by atoms with Crippen molar-refractivity contribution in [2.24, 2.45) is 0 Å². The second-order valence-corrected chi connectivity index (χ2v) is 6.89. The number of nitrogens with zero attached hydrogens (tertiary/aromatic N) is 2. The van der Waals surface area contributed by atoms with Crippen LogP contribution in [0.4, 0.5) is 0 Å². The van der Waals surface area contributed by atoms with Crippen LogP contribution in [0.1, 0.15) is 5.56 Å². The first-order valence-corrected chi connectivity index (χ1v) is 8.94. The van der Waals surface area contributed by atoms with Crippen molar-refractivity contribution in [1.29, 1.82) is 0 Å². The molecule has 0 fully saturated rings.